The number of nitrogens with zero attached hydrogens (tertiary/aromatic N) is 2. The van der Waals surface area contributed by atoms with Crippen LogP contribution >= 0.6 is 0 Å². The zero-order chi connectivity index (χ0) is 18.2. The Labute approximate surface area is 157 Å². The van der Waals surface area contributed by atoms with Crippen LogP contribution in [0.5, 0.6) is 0 Å². The fourth-order valence-corrected chi connectivity index (χ4v) is 8.40. The van der Waals surface area contributed by atoms with E-state index in [2.05, 4.69) is 27.8 Å². The Balaban J connectivity index is 1.21. The SMILES string of the molecule is OC(CC1c2ccccc2-c2cncn21)C1CC2(O)CC3(O)CC4CC1C423. The van der Waals surface area contributed by atoms with Gasteiger partial charge in [-0.05, 0) is 49.0 Å². The molecule has 4 saturated carbocycles. The molecule has 0 bridgehead atoms. The van der Waals surface area contributed by atoms with E-state index in [9.17, 15) is 15.3 Å². The molecule has 0 saturated heterocycles. The Morgan fingerprint density at radius 1 is 1.19 bits per heavy atom. The molecule has 5 nitrogen and oxygen atoms in total. The van der Waals surface area contributed by atoms with Crippen LogP contribution in [0, 0.1) is 23.2 Å². The molecule has 1 aliphatic heterocycles. The second kappa shape index (κ2) is 4.32. The standard InChI is InChI=1S/C22H24N2O3/c25-19(6-17-13-3-1-2-4-14(13)18-9-23-11-24(17)18)15-8-21(27)10-20(26)7-12-5-16(15)22(12,20)21/h1-4,9,11-12,15-17,19,25-27H,5-8,10H2. The third kappa shape index (κ3) is 1.39. The van der Waals surface area contributed by atoms with E-state index in [4.69, 9.17) is 0 Å². The number of imidazole rings is 1. The van der Waals surface area contributed by atoms with Gasteiger partial charge in [-0.1, -0.05) is 24.3 Å². The van der Waals surface area contributed by atoms with Crippen molar-refractivity contribution in [1.29, 1.82) is 0 Å². The average molecular weight is 364 g/mol. The third-order valence-corrected chi connectivity index (χ3v) is 9.12. The van der Waals surface area contributed by atoms with Crippen LogP contribution in [0.2, 0.25) is 0 Å². The first-order valence-corrected chi connectivity index (χ1v) is 10.2. The molecule has 1 aromatic carbocycles. The minimum Gasteiger partial charge on any atom is -0.393 e. The molecule has 2 aromatic rings. The molecular weight excluding hydrogens is 340 g/mol. The van der Waals surface area contributed by atoms with Crippen molar-refractivity contribution in [3.63, 3.8) is 0 Å². The van der Waals surface area contributed by atoms with Gasteiger partial charge in [-0.2, -0.15) is 0 Å². The number of hydrogen-bond donors (Lipinski definition) is 3. The highest BCUT2D eigenvalue weighted by Gasteiger charge is 2.92. The lowest BCUT2D eigenvalue weighted by atomic mass is 9.24. The minimum atomic E-state index is -0.743. The van der Waals surface area contributed by atoms with Crippen molar-refractivity contribution in [1.82, 2.24) is 9.55 Å². The number of benzene rings is 1. The van der Waals surface area contributed by atoms with Gasteiger partial charge in [-0.15, -0.1) is 0 Å². The summed E-state index contributed by atoms with van der Waals surface area (Å²) in [5.41, 5.74) is 1.88. The number of rotatable bonds is 3. The van der Waals surface area contributed by atoms with Crippen LogP contribution in [0.1, 0.15) is 43.7 Å². The van der Waals surface area contributed by atoms with Gasteiger partial charge in [0.15, 0.2) is 0 Å². The number of aliphatic hydroxyl groups excluding tert-OH is 1. The van der Waals surface area contributed by atoms with Crippen LogP contribution in [0.4, 0.5) is 0 Å². The van der Waals surface area contributed by atoms with Gasteiger partial charge in [-0.3, -0.25) is 0 Å². The zero-order valence-electron chi connectivity index (χ0n) is 15.1. The van der Waals surface area contributed by atoms with Crippen LogP contribution in [-0.4, -0.2) is 42.2 Å². The van der Waals surface area contributed by atoms with Crippen LogP contribution in [0.15, 0.2) is 36.8 Å². The molecule has 5 aliphatic rings. The molecule has 140 valence electrons. The van der Waals surface area contributed by atoms with E-state index in [1.807, 2.05) is 18.6 Å². The molecular formula is C22H24N2O3. The summed E-state index contributed by atoms with van der Waals surface area (Å²) >= 11 is 0. The average Bonchev–Trinajstić information content (AvgIpc) is 3.25. The van der Waals surface area contributed by atoms with Crippen LogP contribution in [0.25, 0.3) is 11.3 Å². The summed E-state index contributed by atoms with van der Waals surface area (Å²) in [5.74, 6) is 0.824. The van der Waals surface area contributed by atoms with Crippen molar-refractivity contribution < 1.29 is 15.3 Å². The monoisotopic (exact) mass is 364 g/mol. The molecule has 4 fully saturated rings. The molecule has 1 aromatic heterocycles. The fraction of sp³-hybridized carbons (Fsp3) is 0.591. The van der Waals surface area contributed by atoms with Gasteiger partial charge in [0.2, 0.25) is 0 Å². The number of aromatic nitrogens is 2. The van der Waals surface area contributed by atoms with Crippen LogP contribution < -0.4 is 0 Å². The largest absolute Gasteiger partial charge is 0.393 e. The lowest BCUT2D eigenvalue weighted by molar-refractivity contribution is -0.427. The normalized spacial score (nSPS) is 48.4. The highest BCUT2D eigenvalue weighted by Crippen LogP contribution is 2.88. The number of aliphatic hydroxyl groups is 3. The van der Waals surface area contributed by atoms with E-state index in [0.717, 1.165) is 18.5 Å². The summed E-state index contributed by atoms with van der Waals surface area (Å²) in [6.07, 6.45) is 6.98. The molecule has 4 aliphatic carbocycles. The van der Waals surface area contributed by atoms with E-state index in [-0.39, 0.29) is 23.3 Å². The van der Waals surface area contributed by atoms with E-state index in [1.54, 1.807) is 0 Å². The van der Waals surface area contributed by atoms with E-state index >= 15 is 0 Å². The molecule has 0 amide bonds. The highest BCUT2D eigenvalue weighted by molar-refractivity contribution is 5.68. The maximum Gasteiger partial charge on any atom is 0.0956 e. The lowest BCUT2D eigenvalue weighted by Gasteiger charge is -2.82. The third-order valence-electron chi connectivity index (χ3n) is 9.12. The van der Waals surface area contributed by atoms with Gasteiger partial charge in [-0.25, -0.2) is 4.98 Å². The first kappa shape index (κ1) is 15.3. The summed E-state index contributed by atoms with van der Waals surface area (Å²) in [5, 5.41) is 33.3. The van der Waals surface area contributed by atoms with Crippen molar-refractivity contribution in [3.05, 3.63) is 42.4 Å². The molecule has 0 radical (unpaired) electrons. The molecule has 1 spiro atoms. The maximum absolute atomic E-state index is 11.3. The van der Waals surface area contributed by atoms with Crippen molar-refractivity contribution in [2.45, 2.75) is 55.5 Å². The van der Waals surface area contributed by atoms with E-state index < -0.39 is 17.3 Å². The van der Waals surface area contributed by atoms with Crippen LogP contribution in [0.3, 0.4) is 0 Å². The summed E-state index contributed by atoms with van der Waals surface area (Å²) in [4.78, 5) is 4.31. The Morgan fingerprint density at radius 3 is 2.78 bits per heavy atom. The maximum atomic E-state index is 11.3. The van der Waals surface area contributed by atoms with Crippen molar-refractivity contribution in [3.8, 4) is 11.3 Å². The topological polar surface area (TPSA) is 78.5 Å². The van der Waals surface area contributed by atoms with Gasteiger partial charge in [0.05, 0.1) is 41.6 Å². The molecule has 5 heteroatoms. The predicted octanol–water partition coefficient (Wildman–Crippen LogP) is 2.12. The Morgan fingerprint density at radius 2 is 2.00 bits per heavy atom. The highest BCUT2D eigenvalue weighted by atomic mass is 16.3. The van der Waals surface area contributed by atoms with Gasteiger partial charge < -0.3 is 19.9 Å². The summed E-state index contributed by atoms with van der Waals surface area (Å²) in [6, 6.07) is 8.46. The van der Waals surface area contributed by atoms with Crippen molar-refractivity contribution in [2.75, 3.05) is 0 Å². The Kier molecular flexibility index (Phi) is 2.44. The Hall–Kier alpha value is -1.69. The Bertz CT molecular complexity index is 987. The first-order chi connectivity index (χ1) is 13.0. The summed E-state index contributed by atoms with van der Waals surface area (Å²) in [6.45, 7) is 0. The predicted molar refractivity (Wildman–Crippen MR) is 97.7 cm³/mol. The smallest absolute Gasteiger partial charge is 0.0956 e. The first-order valence-electron chi connectivity index (χ1n) is 10.2. The molecule has 8 unspecified atom stereocenters. The summed E-state index contributed by atoms with van der Waals surface area (Å²) < 4.78 is 2.17. The van der Waals surface area contributed by atoms with E-state index in [0.29, 0.717) is 25.2 Å². The lowest BCUT2D eigenvalue weighted by Crippen LogP contribution is -2.88. The zero-order valence-corrected chi connectivity index (χ0v) is 15.1. The second-order valence-electron chi connectivity index (χ2n) is 9.81. The van der Waals surface area contributed by atoms with Crippen molar-refractivity contribution >= 4 is 0 Å². The number of hydrogen-bond acceptors (Lipinski definition) is 4. The van der Waals surface area contributed by atoms with Gasteiger partial charge in [0, 0.05) is 17.4 Å². The van der Waals surface area contributed by atoms with Crippen molar-refractivity contribution in [2.24, 2.45) is 23.2 Å². The molecule has 2 heterocycles. The van der Waals surface area contributed by atoms with E-state index in [1.165, 1.54) is 11.1 Å². The number of fused-ring (bicyclic) bond motifs is 3. The fourth-order valence-electron chi connectivity index (χ4n) is 8.40. The molecule has 3 N–H and O–H groups in total. The van der Waals surface area contributed by atoms with Crippen LogP contribution in [-0.2, 0) is 0 Å². The molecule has 27 heavy (non-hydrogen) atoms. The van der Waals surface area contributed by atoms with Gasteiger partial charge >= 0.3 is 0 Å². The van der Waals surface area contributed by atoms with Gasteiger partial charge in [0.25, 0.3) is 0 Å². The minimum absolute atomic E-state index is 0.0836. The summed E-state index contributed by atoms with van der Waals surface area (Å²) in [7, 11) is 0. The molecule has 7 rings (SSSR count). The quantitative estimate of drug-likeness (QED) is 0.780. The van der Waals surface area contributed by atoms with Gasteiger partial charge in [0.1, 0.15) is 0 Å². The molecule has 8 atom stereocenters. The second-order valence-corrected chi connectivity index (χ2v) is 9.81.